The summed E-state index contributed by atoms with van der Waals surface area (Å²) in [6.07, 6.45) is 10.8. The Bertz CT molecular complexity index is 947. The molecule has 4 nitrogen and oxygen atoms in total. The minimum atomic E-state index is -0.468. The Hall–Kier alpha value is -1.50. The first-order valence-corrected chi connectivity index (χ1v) is 12.4. The first-order chi connectivity index (χ1) is 14.5. The molecule has 2 aromatic rings. The fourth-order valence-corrected chi connectivity index (χ4v) is 6.45. The normalized spacial score (nSPS) is 29.7. The van der Waals surface area contributed by atoms with Gasteiger partial charge >= 0.3 is 6.09 Å². The number of halogens is 1. The predicted molar refractivity (Wildman–Crippen MR) is 127 cm³/mol. The van der Waals surface area contributed by atoms with Gasteiger partial charge in [0, 0.05) is 0 Å². The number of hydrogen-bond donors (Lipinski definition) is 1. The number of rotatable bonds is 4. The van der Waals surface area contributed by atoms with E-state index in [1.165, 1.54) is 60.3 Å². The maximum Gasteiger partial charge on any atom is 0.408 e. The average Bonchev–Trinajstić information content (AvgIpc) is 3.41. The first kappa shape index (κ1) is 20.4. The van der Waals surface area contributed by atoms with Gasteiger partial charge in [-0.25, -0.2) is 4.79 Å². The summed E-state index contributed by atoms with van der Waals surface area (Å²) in [7, 11) is 0. The van der Waals surface area contributed by atoms with Crippen LogP contribution in [-0.2, 0) is 10.3 Å². The lowest BCUT2D eigenvalue weighted by Gasteiger charge is -2.32. The van der Waals surface area contributed by atoms with Crippen molar-refractivity contribution in [1.82, 2.24) is 5.32 Å². The van der Waals surface area contributed by atoms with E-state index in [-0.39, 0.29) is 6.09 Å². The van der Waals surface area contributed by atoms with Crippen LogP contribution in [0.15, 0.2) is 30.3 Å². The second-order valence-corrected chi connectivity index (χ2v) is 10.6. The van der Waals surface area contributed by atoms with Crippen molar-refractivity contribution in [3.63, 3.8) is 0 Å². The summed E-state index contributed by atoms with van der Waals surface area (Å²) in [4.78, 5) is 11.5. The molecule has 30 heavy (non-hydrogen) atoms. The highest BCUT2D eigenvalue weighted by atomic mass is 127. The highest BCUT2D eigenvalue weighted by molar-refractivity contribution is 14.1. The molecule has 0 bridgehead atoms. The van der Waals surface area contributed by atoms with E-state index in [4.69, 9.17) is 9.47 Å². The number of fused-ring (bicyclic) bond motifs is 1. The summed E-state index contributed by atoms with van der Waals surface area (Å²) in [5.41, 5.74) is 0.597. The summed E-state index contributed by atoms with van der Waals surface area (Å²) < 4.78 is 12.8. The number of amides is 1. The van der Waals surface area contributed by atoms with E-state index in [1.54, 1.807) is 0 Å². The SMILES string of the molecule is C[C@@]1(c2ccc3c(I)c(O[C@H]4CC[C@@H](C5CCCC5)CC4)ccc3c2)COC(=O)N1. The Morgan fingerprint density at radius 1 is 1.03 bits per heavy atom. The summed E-state index contributed by atoms with van der Waals surface area (Å²) >= 11 is 2.42. The van der Waals surface area contributed by atoms with Crippen molar-refractivity contribution in [1.29, 1.82) is 0 Å². The topological polar surface area (TPSA) is 47.6 Å². The lowest BCUT2D eigenvalue weighted by Crippen LogP contribution is -2.37. The molecule has 1 N–H and O–H groups in total. The van der Waals surface area contributed by atoms with Crippen LogP contribution >= 0.6 is 22.6 Å². The van der Waals surface area contributed by atoms with Gasteiger partial charge < -0.3 is 14.8 Å². The zero-order valence-electron chi connectivity index (χ0n) is 17.6. The number of hydrogen-bond acceptors (Lipinski definition) is 3. The largest absolute Gasteiger partial charge is 0.489 e. The van der Waals surface area contributed by atoms with Crippen LogP contribution in [0.5, 0.6) is 5.75 Å². The van der Waals surface area contributed by atoms with Gasteiger partial charge in [-0.15, -0.1) is 0 Å². The molecule has 3 aliphatic rings. The molecule has 1 amide bonds. The molecule has 0 unspecified atom stereocenters. The van der Waals surface area contributed by atoms with E-state index in [0.717, 1.165) is 28.5 Å². The van der Waals surface area contributed by atoms with Gasteiger partial charge in [0.25, 0.3) is 0 Å². The van der Waals surface area contributed by atoms with E-state index in [1.807, 2.05) is 6.92 Å². The molecule has 2 saturated carbocycles. The van der Waals surface area contributed by atoms with Crippen molar-refractivity contribution >= 4 is 39.5 Å². The maximum atomic E-state index is 11.5. The first-order valence-electron chi connectivity index (χ1n) is 11.4. The minimum absolute atomic E-state index is 0.345. The van der Waals surface area contributed by atoms with Crippen molar-refractivity contribution in [2.45, 2.75) is 69.9 Å². The van der Waals surface area contributed by atoms with Gasteiger partial charge in [0.05, 0.1) is 15.2 Å². The fraction of sp³-hybridized carbons (Fsp3) is 0.560. The molecule has 5 rings (SSSR count). The number of alkyl carbamates (subject to hydrolysis) is 1. The third-order valence-electron chi connectivity index (χ3n) is 7.50. The van der Waals surface area contributed by atoms with Gasteiger partial charge in [-0.2, -0.15) is 0 Å². The predicted octanol–water partition coefficient (Wildman–Crippen LogP) is 6.53. The highest BCUT2D eigenvalue weighted by Crippen LogP contribution is 2.41. The van der Waals surface area contributed by atoms with E-state index in [9.17, 15) is 4.79 Å². The Balaban J connectivity index is 1.29. The lowest BCUT2D eigenvalue weighted by atomic mass is 9.78. The van der Waals surface area contributed by atoms with Crippen LogP contribution in [0.2, 0.25) is 0 Å². The second-order valence-electron chi connectivity index (χ2n) is 9.55. The maximum absolute atomic E-state index is 11.5. The van der Waals surface area contributed by atoms with Crippen molar-refractivity contribution in [2.24, 2.45) is 11.8 Å². The molecule has 2 aliphatic carbocycles. The Morgan fingerprint density at radius 3 is 2.47 bits per heavy atom. The van der Waals surface area contributed by atoms with E-state index in [0.29, 0.717) is 12.7 Å². The molecule has 1 saturated heterocycles. The van der Waals surface area contributed by atoms with Gasteiger partial charge in [0.15, 0.2) is 0 Å². The number of cyclic esters (lactones) is 1. The van der Waals surface area contributed by atoms with Crippen molar-refractivity contribution < 1.29 is 14.3 Å². The molecule has 2 aromatic carbocycles. The van der Waals surface area contributed by atoms with Gasteiger partial charge in [-0.3, -0.25) is 0 Å². The van der Waals surface area contributed by atoms with Crippen molar-refractivity contribution in [3.05, 3.63) is 39.5 Å². The average molecular weight is 519 g/mol. The number of benzene rings is 2. The molecule has 1 atom stereocenters. The van der Waals surface area contributed by atoms with E-state index < -0.39 is 5.54 Å². The lowest BCUT2D eigenvalue weighted by molar-refractivity contribution is 0.110. The standard InChI is InChI=1S/C25H30INO3/c1-25(15-29-24(28)27-25)19-9-12-21-18(14-19)8-13-22(23(21)26)30-20-10-6-17(7-11-20)16-4-2-3-5-16/h8-9,12-14,16-17,20H,2-7,10-11,15H2,1H3,(H,27,28)/t17-,20+,25-/m0/s1. The molecule has 0 aromatic heterocycles. The summed E-state index contributed by atoms with van der Waals surface area (Å²) in [6, 6.07) is 10.6. The van der Waals surface area contributed by atoms with Crippen LogP contribution in [0, 0.1) is 15.4 Å². The summed E-state index contributed by atoms with van der Waals surface area (Å²) in [5.74, 6) is 2.92. The van der Waals surface area contributed by atoms with Gasteiger partial charge in [-0.05, 0) is 95.5 Å². The molecular formula is C25H30INO3. The van der Waals surface area contributed by atoms with Crippen LogP contribution in [-0.4, -0.2) is 18.8 Å². The Morgan fingerprint density at radius 2 is 1.77 bits per heavy atom. The number of carbonyl (C=O) groups is 1. The molecule has 5 heteroatoms. The van der Waals surface area contributed by atoms with Crippen molar-refractivity contribution in [2.75, 3.05) is 6.61 Å². The van der Waals surface area contributed by atoms with Crippen LogP contribution in [0.4, 0.5) is 4.79 Å². The molecule has 0 radical (unpaired) electrons. The van der Waals surface area contributed by atoms with E-state index in [2.05, 4.69) is 58.2 Å². The third kappa shape index (κ3) is 3.90. The molecule has 1 aliphatic heterocycles. The molecular weight excluding hydrogens is 489 g/mol. The molecule has 0 spiro atoms. The smallest absolute Gasteiger partial charge is 0.408 e. The fourth-order valence-electron chi connectivity index (χ4n) is 5.66. The number of ether oxygens (including phenoxy) is 2. The number of carbonyl (C=O) groups excluding carboxylic acids is 1. The number of nitrogens with one attached hydrogen (secondary N) is 1. The van der Waals surface area contributed by atoms with Crippen molar-refractivity contribution in [3.8, 4) is 5.75 Å². The van der Waals surface area contributed by atoms with E-state index >= 15 is 0 Å². The monoisotopic (exact) mass is 519 g/mol. The van der Waals surface area contributed by atoms with Crippen LogP contribution in [0.3, 0.4) is 0 Å². The van der Waals surface area contributed by atoms with Crippen LogP contribution in [0.1, 0.15) is 63.9 Å². The highest BCUT2D eigenvalue weighted by Gasteiger charge is 2.36. The third-order valence-corrected chi connectivity index (χ3v) is 8.62. The minimum Gasteiger partial charge on any atom is -0.489 e. The Labute approximate surface area is 192 Å². The summed E-state index contributed by atoms with van der Waals surface area (Å²) in [6.45, 7) is 2.36. The van der Waals surface area contributed by atoms with Gasteiger partial charge in [-0.1, -0.05) is 43.9 Å². The molecule has 3 fully saturated rings. The van der Waals surface area contributed by atoms with Crippen LogP contribution in [0.25, 0.3) is 10.8 Å². The molecule has 1 heterocycles. The molecule has 160 valence electrons. The zero-order chi connectivity index (χ0) is 20.7. The van der Waals surface area contributed by atoms with Crippen LogP contribution < -0.4 is 10.1 Å². The second kappa shape index (κ2) is 8.21. The zero-order valence-corrected chi connectivity index (χ0v) is 19.7. The van der Waals surface area contributed by atoms with Gasteiger partial charge in [0.1, 0.15) is 12.4 Å². The van der Waals surface area contributed by atoms with Gasteiger partial charge in [0.2, 0.25) is 0 Å². The summed E-state index contributed by atoms with van der Waals surface area (Å²) in [5, 5.41) is 5.29. The Kier molecular flexibility index (Phi) is 5.58. The quantitative estimate of drug-likeness (QED) is 0.468.